The van der Waals surface area contributed by atoms with E-state index in [-0.39, 0.29) is 34.5 Å². The van der Waals surface area contributed by atoms with Gasteiger partial charge in [0, 0.05) is 6.04 Å². The Labute approximate surface area is 124 Å². The molecule has 1 aromatic rings. The van der Waals surface area contributed by atoms with Crippen LogP contribution in [-0.4, -0.2) is 39.3 Å². The zero-order chi connectivity index (χ0) is 16.4. The van der Waals surface area contributed by atoms with Gasteiger partial charge in [0.15, 0.2) is 0 Å². The summed E-state index contributed by atoms with van der Waals surface area (Å²) in [5, 5.41) is 9.26. The summed E-state index contributed by atoms with van der Waals surface area (Å²) < 4.78 is 37.2. The van der Waals surface area contributed by atoms with Gasteiger partial charge < -0.3 is 14.3 Å². The zero-order valence-corrected chi connectivity index (χ0v) is 13.6. The van der Waals surface area contributed by atoms with Gasteiger partial charge in [0.1, 0.15) is 22.0 Å². The number of carbonyl (C=O) groups excluding carboxylic acids is 1. The third-order valence-corrected chi connectivity index (χ3v) is 4.81. The van der Waals surface area contributed by atoms with Crippen LogP contribution in [0.5, 0.6) is 0 Å². The number of methoxy groups -OCH3 is 1. The lowest BCUT2D eigenvalue weighted by molar-refractivity contribution is 0.0595. The summed E-state index contributed by atoms with van der Waals surface area (Å²) in [6.07, 6.45) is 0. The minimum Gasteiger partial charge on any atom is -0.465 e. The Morgan fingerprint density at radius 2 is 1.90 bits per heavy atom. The van der Waals surface area contributed by atoms with Crippen LogP contribution in [0.2, 0.25) is 0 Å². The highest BCUT2D eigenvalue weighted by Gasteiger charge is 2.33. The van der Waals surface area contributed by atoms with Crippen LogP contribution in [0.1, 0.15) is 35.7 Å². The number of rotatable bonds is 6. The van der Waals surface area contributed by atoms with Gasteiger partial charge in [-0.25, -0.2) is 17.9 Å². The molecule has 1 heterocycles. The number of aliphatic hydroxyl groups excluding tert-OH is 1. The molecule has 0 aliphatic rings. The van der Waals surface area contributed by atoms with E-state index in [4.69, 9.17) is 4.42 Å². The topological polar surface area (TPSA) is 106 Å². The van der Waals surface area contributed by atoms with E-state index < -0.39 is 22.0 Å². The first-order valence-corrected chi connectivity index (χ1v) is 7.95. The second-order valence-corrected chi connectivity index (χ2v) is 6.72. The average Bonchev–Trinajstić information content (AvgIpc) is 2.70. The Bertz CT molecular complexity index is 617. The zero-order valence-electron chi connectivity index (χ0n) is 12.8. The number of hydrogen-bond donors (Lipinski definition) is 2. The normalized spacial score (nSPS) is 13.5. The fraction of sp³-hybridized carbons (Fsp3) is 0.615. The minimum absolute atomic E-state index is 0.0980. The van der Waals surface area contributed by atoms with E-state index in [0.29, 0.717) is 0 Å². The van der Waals surface area contributed by atoms with E-state index in [9.17, 15) is 18.3 Å². The third kappa shape index (κ3) is 3.63. The number of furan rings is 1. The number of carbonyl (C=O) groups is 1. The molecule has 0 aliphatic carbocycles. The SMILES string of the molecule is COC(=O)c1c(C)oc(C)c1S(=O)(=O)N[C@H](CO)C(C)C. The summed E-state index contributed by atoms with van der Waals surface area (Å²) in [5.41, 5.74) is -0.122. The molecule has 0 unspecified atom stereocenters. The third-order valence-electron chi connectivity index (χ3n) is 3.17. The Morgan fingerprint density at radius 3 is 2.33 bits per heavy atom. The van der Waals surface area contributed by atoms with Crippen LogP contribution >= 0.6 is 0 Å². The van der Waals surface area contributed by atoms with Crippen LogP contribution in [0.4, 0.5) is 0 Å². The van der Waals surface area contributed by atoms with Crippen molar-refractivity contribution >= 4 is 16.0 Å². The molecule has 1 atom stereocenters. The number of ether oxygens (including phenoxy) is 1. The Balaban J connectivity index is 3.35. The molecule has 0 bridgehead atoms. The molecule has 0 radical (unpaired) electrons. The van der Waals surface area contributed by atoms with E-state index in [2.05, 4.69) is 9.46 Å². The highest BCUT2D eigenvalue weighted by atomic mass is 32.2. The summed E-state index contributed by atoms with van der Waals surface area (Å²) in [7, 11) is -2.85. The summed E-state index contributed by atoms with van der Waals surface area (Å²) in [6.45, 7) is 6.15. The molecule has 1 aromatic heterocycles. The first-order valence-electron chi connectivity index (χ1n) is 6.47. The lowest BCUT2D eigenvalue weighted by Gasteiger charge is -2.19. The number of hydrogen-bond acceptors (Lipinski definition) is 6. The van der Waals surface area contributed by atoms with Crippen LogP contribution in [0.15, 0.2) is 9.31 Å². The molecule has 0 amide bonds. The molecule has 2 N–H and O–H groups in total. The molecule has 120 valence electrons. The van der Waals surface area contributed by atoms with Crippen molar-refractivity contribution in [2.45, 2.75) is 38.6 Å². The lowest BCUT2D eigenvalue weighted by atomic mass is 10.1. The van der Waals surface area contributed by atoms with Crippen molar-refractivity contribution in [3.63, 3.8) is 0 Å². The van der Waals surface area contributed by atoms with Gasteiger partial charge in [0.2, 0.25) is 10.0 Å². The molecule has 8 heteroatoms. The molecular weight excluding hydrogens is 298 g/mol. The van der Waals surface area contributed by atoms with Crippen molar-refractivity contribution in [1.29, 1.82) is 0 Å². The van der Waals surface area contributed by atoms with Gasteiger partial charge in [-0.05, 0) is 19.8 Å². The molecule has 0 spiro atoms. The standard InChI is InChI=1S/C13H21NO6S/c1-7(2)10(6-15)14-21(17,18)12-9(4)20-8(3)11(12)13(16)19-5/h7,10,14-15H,6H2,1-5H3/t10-/m1/s1. The highest BCUT2D eigenvalue weighted by molar-refractivity contribution is 7.89. The van der Waals surface area contributed by atoms with Gasteiger partial charge in [-0.2, -0.15) is 0 Å². The number of aliphatic hydroxyl groups is 1. The largest absolute Gasteiger partial charge is 0.465 e. The van der Waals surface area contributed by atoms with Crippen molar-refractivity contribution in [3.8, 4) is 0 Å². The van der Waals surface area contributed by atoms with Gasteiger partial charge in [-0.1, -0.05) is 13.8 Å². The predicted molar refractivity (Wildman–Crippen MR) is 75.6 cm³/mol. The quantitative estimate of drug-likeness (QED) is 0.757. The fourth-order valence-corrected chi connectivity index (χ4v) is 3.75. The smallest absolute Gasteiger partial charge is 0.342 e. The van der Waals surface area contributed by atoms with Gasteiger partial charge in [0.25, 0.3) is 0 Å². The second kappa shape index (κ2) is 6.59. The minimum atomic E-state index is -4.02. The Kier molecular flexibility index (Phi) is 5.54. The molecule has 0 aromatic carbocycles. The molecule has 7 nitrogen and oxygen atoms in total. The molecule has 1 rings (SSSR count). The monoisotopic (exact) mass is 319 g/mol. The highest BCUT2D eigenvalue weighted by Crippen LogP contribution is 2.27. The fourth-order valence-electron chi connectivity index (χ4n) is 1.97. The molecule has 0 fully saturated rings. The Morgan fingerprint density at radius 1 is 1.33 bits per heavy atom. The maximum atomic E-state index is 12.5. The van der Waals surface area contributed by atoms with Gasteiger partial charge in [0.05, 0.1) is 13.7 Å². The average molecular weight is 319 g/mol. The molecule has 0 saturated heterocycles. The molecule has 21 heavy (non-hydrogen) atoms. The van der Waals surface area contributed by atoms with Crippen LogP contribution in [0, 0.1) is 19.8 Å². The summed E-state index contributed by atoms with van der Waals surface area (Å²) >= 11 is 0. The maximum Gasteiger partial charge on any atom is 0.342 e. The number of nitrogens with one attached hydrogen (secondary N) is 1. The first kappa shape index (κ1) is 17.7. The number of sulfonamides is 1. The first-order chi connectivity index (χ1) is 9.65. The molecule has 0 aliphatic heterocycles. The van der Waals surface area contributed by atoms with Crippen LogP contribution in [-0.2, 0) is 14.8 Å². The molecular formula is C13H21NO6S. The number of esters is 1. The predicted octanol–water partition coefficient (Wildman–Crippen LogP) is 0.978. The lowest BCUT2D eigenvalue weighted by Crippen LogP contribution is -2.41. The van der Waals surface area contributed by atoms with Crippen molar-refractivity contribution in [1.82, 2.24) is 4.72 Å². The van der Waals surface area contributed by atoms with Crippen molar-refractivity contribution in [2.24, 2.45) is 5.92 Å². The van der Waals surface area contributed by atoms with E-state index in [1.807, 2.05) is 0 Å². The van der Waals surface area contributed by atoms with E-state index in [0.717, 1.165) is 0 Å². The van der Waals surface area contributed by atoms with E-state index in [1.54, 1.807) is 13.8 Å². The maximum absolute atomic E-state index is 12.5. The van der Waals surface area contributed by atoms with Crippen molar-refractivity contribution in [3.05, 3.63) is 17.1 Å². The second-order valence-electron chi connectivity index (χ2n) is 5.06. The van der Waals surface area contributed by atoms with E-state index in [1.165, 1.54) is 21.0 Å². The Hall–Kier alpha value is -1.38. The van der Waals surface area contributed by atoms with Crippen molar-refractivity contribution < 1.29 is 27.5 Å². The van der Waals surface area contributed by atoms with Crippen LogP contribution in [0.25, 0.3) is 0 Å². The van der Waals surface area contributed by atoms with Crippen molar-refractivity contribution in [2.75, 3.05) is 13.7 Å². The molecule has 0 saturated carbocycles. The summed E-state index contributed by atoms with van der Waals surface area (Å²) in [6, 6.07) is -0.657. The summed E-state index contributed by atoms with van der Waals surface area (Å²) in [5.74, 6) is -0.625. The van der Waals surface area contributed by atoms with Gasteiger partial charge in [-0.15, -0.1) is 0 Å². The van der Waals surface area contributed by atoms with Crippen LogP contribution in [0.3, 0.4) is 0 Å². The summed E-state index contributed by atoms with van der Waals surface area (Å²) in [4.78, 5) is 11.5. The van der Waals surface area contributed by atoms with E-state index >= 15 is 0 Å². The van der Waals surface area contributed by atoms with Gasteiger partial charge in [-0.3, -0.25) is 0 Å². The van der Waals surface area contributed by atoms with Gasteiger partial charge >= 0.3 is 5.97 Å². The van der Waals surface area contributed by atoms with Crippen LogP contribution < -0.4 is 4.72 Å². The number of aryl methyl sites for hydroxylation is 2.